The largest absolute Gasteiger partial charge is 0.481 e. The van der Waals surface area contributed by atoms with Gasteiger partial charge in [0.15, 0.2) is 0 Å². The first-order valence-electron chi connectivity index (χ1n) is 6.16. The number of carbonyl (C=O) groups excluding carboxylic acids is 1. The zero-order chi connectivity index (χ0) is 15.3. The lowest BCUT2D eigenvalue weighted by molar-refractivity contribution is -0.142. The first-order chi connectivity index (χ1) is 9.23. The summed E-state index contributed by atoms with van der Waals surface area (Å²) >= 11 is 2.36. The van der Waals surface area contributed by atoms with Crippen molar-refractivity contribution < 1.29 is 19.4 Å². The van der Waals surface area contributed by atoms with Crippen LogP contribution in [0.15, 0.2) is 24.3 Å². The molecule has 1 atom stereocenters. The van der Waals surface area contributed by atoms with Crippen LogP contribution in [0.4, 0.5) is 0 Å². The molecule has 20 heavy (non-hydrogen) atoms. The van der Waals surface area contributed by atoms with Gasteiger partial charge in [-0.15, -0.1) is 22.4 Å². The van der Waals surface area contributed by atoms with Crippen LogP contribution in [-0.4, -0.2) is 21.3 Å². The third-order valence-corrected chi connectivity index (χ3v) is 5.45. The number of benzene rings is 1. The minimum Gasteiger partial charge on any atom is -0.481 e. The minimum atomic E-state index is -1.01. The van der Waals surface area contributed by atoms with Crippen LogP contribution in [0.1, 0.15) is 32.3 Å². The number of aliphatic carboxylic acids is 1. The van der Waals surface area contributed by atoms with E-state index in [1.165, 1.54) is 0 Å². The minimum absolute atomic E-state index is 0.00290. The fraction of sp³-hybridized carbons (Fsp3) is 0.385. The molecule has 0 heterocycles. The highest BCUT2D eigenvalue weighted by molar-refractivity contribution is 14.1. The van der Waals surface area contributed by atoms with Crippen molar-refractivity contribution in [2.24, 2.45) is 0 Å². The van der Waals surface area contributed by atoms with Crippen molar-refractivity contribution in [2.45, 2.75) is 32.0 Å². The summed E-state index contributed by atoms with van der Waals surface area (Å²) in [6, 6.07) is 7.32. The highest BCUT2D eigenvalue weighted by Gasteiger charge is 2.29. The SMILES string of the molecule is CC(C)(B(P)I)c1ccc(OC(=O)CCC(=O)O)cc1. The molecule has 0 amide bonds. The lowest BCUT2D eigenvalue weighted by Crippen LogP contribution is -2.28. The fourth-order valence-corrected chi connectivity index (χ4v) is 2.06. The Balaban J connectivity index is 2.68. The van der Waals surface area contributed by atoms with Gasteiger partial charge in [-0.2, -0.15) is 9.12 Å². The predicted molar refractivity (Wildman–Crippen MR) is 91.5 cm³/mol. The van der Waals surface area contributed by atoms with E-state index in [1.54, 1.807) is 12.1 Å². The van der Waals surface area contributed by atoms with Crippen molar-refractivity contribution in [2.75, 3.05) is 0 Å². The highest BCUT2D eigenvalue weighted by Crippen LogP contribution is 2.33. The Kier molecular flexibility index (Phi) is 6.46. The zero-order valence-corrected chi connectivity index (χ0v) is 14.7. The van der Waals surface area contributed by atoms with E-state index in [1.807, 2.05) is 12.1 Å². The van der Waals surface area contributed by atoms with Gasteiger partial charge in [0.05, 0.1) is 12.8 Å². The molecule has 1 aromatic carbocycles. The number of carbonyl (C=O) groups is 2. The first-order valence-corrected chi connectivity index (χ1v) is 8.07. The van der Waals surface area contributed by atoms with Crippen LogP contribution in [0.5, 0.6) is 5.75 Å². The molecule has 0 saturated carbocycles. The molecule has 1 N–H and O–H groups in total. The third kappa shape index (κ3) is 5.06. The molecular weight excluding hydrogens is 389 g/mol. The lowest BCUT2D eigenvalue weighted by Gasteiger charge is -2.26. The molecule has 4 nitrogen and oxygen atoms in total. The fourth-order valence-electron chi connectivity index (χ4n) is 1.50. The second-order valence-electron chi connectivity index (χ2n) is 5.02. The number of hydrogen-bond donors (Lipinski definition) is 1. The van der Waals surface area contributed by atoms with Crippen molar-refractivity contribution >= 4 is 47.7 Å². The highest BCUT2D eigenvalue weighted by atomic mass is 127. The van der Waals surface area contributed by atoms with Crippen molar-refractivity contribution in [3.05, 3.63) is 29.8 Å². The van der Waals surface area contributed by atoms with E-state index in [0.717, 1.165) is 5.56 Å². The first kappa shape index (κ1) is 17.4. The van der Waals surface area contributed by atoms with Gasteiger partial charge in [0.2, 0.25) is 4.29 Å². The molecule has 0 aliphatic heterocycles. The summed E-state index contributed by atoms with van der Waals surface area (Å²) in [6.07, 6.45) is -0.336. The maximum absolute atomic E-state index is 11.4. The van der Waals surface area contributed by atoms with Gasteiger partial charge >= 0.3 is 11.9 Å². The third-order valence-electron chi connectivity index (χ3n) is 3.06. The number of carboxylic acids is 1. The van der Waals surface area contributed by atoms with Gasteiger partial charge in [0.1, 0.15) is 5.75 Å². The quantitative estimate of drug-likeness (QED) is 0.260. The van der Waals surface area contributed by atoms with Crippen LogP contribution >= 0.6 is 31.5 Å². The van der Waals surface area contributed by atoms with Gasteiger partial charge in [-0.05, 0) is 23.0 Å². The van der Waals surface area contributed by atoms with Crippen molar-refractivity contribution in [1.82, 2.24) is 0 Å². The Morgan fingerprint density at radius 2 is 1.85 bits per heavy atom. The van der Waals surface area contributed by atoms with Crippen molar-refractivity contribution in [3.8, 4) is 5.75 Å². The number of esters is 1. The monoisotopic (exact) mass is 406 g/mol. The zero-order valence-electron chi connectivity index (χ0n) is 11.4. The summed E-state index contributed by atoms with van der Waals surface area (Å²) in [5, 5.41) is 8.49. The Bertz CT molecular complexity index is 488. The van der Waals surface area contributed by atoms with Gasteiger partial charge in [0.25, 0.3) is 0 Å². The lowest BCUT2D eigenvalue weighted by atomic mass is 9.66. The normalized spacial score (nSPS) is 11.0. The second-order valence-corrected chi connectivity index (χ2v) is 8.38. The molecule has 0 spiro atoms. The molecular formula is C13H17BIO4P. The number of carboxylic acid groups (broad SMARTS) is 1. The summed E-state index contributed by atoms with van der Waals surface area (Å²) < 4.78 is 5.46. The molecule has 108 valence electrons. The second kappa shape index (κ2) is 7.41. The van der Waals surface area contributed by atoms with E-state index in [4.69, 9.17) is 9.84 Å². The van der Waals surface area contributed by atoms with Crippen molar-refractivity contribution in [3.63, 3.8) is 0 Å². The molecule has 1 aromatic rings. The van der Waals surface area contributed by atoms with Crippen LogP contribution in [-0.2, 0) is 14.9 Å². The number of halogens is 1. The van der Waals surface area contributed by atoms with E-state index in [2.05, 4.69) is 45.3 Å². The van der Waals surface area contributed by atoms with Crippen LogP contribution in [0, 0.1) is 0 Å². The van der Waals surface area contributed by atoms with Gasteiger partial charge in [-0.3, -0.25) is 9.59 Å². The predicted octanol–water partition coefficient (Wildman–Crippen LogP) is 3.07. The standard InChI is InChI=1S/C13H17BIO4P/c1-13(2,14(15)20)9-3-5-10(6-4-9)19-12(18)8-7-11(16)17/h3-6H,7-8,20H2,1-2H3,(H,16,17). The van der Waals surface area contributed by atoms with E-state index in [0.29, 0.717) is 10.0 Å². The molecule has 1 unspecified atom stereocenters. The summed E-state index contributed by atoms with van der Waals surface area (Å²) in [5.41, 5.74) is 1.15. The van der Waals surface area contributed by atoms with Gasteiger partial charge in [-0.1, -0.05) is 26.0 Å². The average molecular weight is 406 g/mol. The Hall–Kier alpha value is -0.615. The smallest absolute Gasteiger partial charge is 0.311 e. The van der Waals surface area contributed by atoms with E-state index in [9.17, 15) is 9.59 Å². The Morgan fingerprint density at radius 3 is 2.30 bits per heavy atom. The maximum Gasteiger partial charge on any atom is 0.311 e. The number of hydrogen-bond acceptors (Lipinski definition) is 3. The van der Waals surface area contributed by atoms with Gasteiger partial charge in [0, 0.05) is 0 Å². The molecule has 0 fully saturated rings. The van der Waals surface area contributed by atoms with E-state index in [-0.39, 0.29) is 18.2 Å². The summed E-state index contributed by atoms with van der Waals surface area (Å²) in [5.74, 6) is -1.10. The summed E-state index contributed by atoms with van der Waals surface area (Å²) in [7, 11) is 2.78. The van der Waals surface area contributed by atoms with Crippen molar-refractivity contribution in [1.29, 1.82) is 0 Å². The summed E-state index contributed by atoms with van der Waals surface area (Å²) in [4.78, 5) is 21.8. The topological polar surface area (TPSA) is 63.6 Å². The Labute approximate surface area is 134 Å². The van der Waals surface area contributed by atoms with Crippen LogP contribution in [0.25, 0.3) is 0 Å². The molecule has 0 aliphatic carbocycles. The van der Waals surface area contributed by atoms with E-state index < -0.39 is 11.9 Å². The van der Waals surface area contributed by atoms with Crippen LogP contribution in [0.3, 0.4) is 0 Å². The molecule has 0 radical (unpaired) electrons. The average Bonchev–Trinajstić information content (AvgIpc) is 2.37. The van der Waals surface area contributed by atoms with Crippen LogP contribution < -0.4 is 4.74 Å². The molecule has 0 bridgehead atoms. The molecule has 1 rings (SSSR count). The number of rotatable bonds is 6. The number of ether oxygens (including phenoxy) is 1. The van der Waals surface area contributed by atoms with Gasteiger partial charge < -0.3 is 9.84 Å². The van der Waals surface area contributed by atoms with Gasteiger partial charge in [-0.25, -0.2) is 0 Å². The van der Waals surface area contributed by atoms with Crippen LogP contribution in [0.2, 0.25) is 0 Å². The molecule has 0 aliphatic rings. The summed E-state index contributed by atoms with van der Waals surface area (Å²) in [6.45, 7) is 4.29. The molecule has 7 heteroatoms. The van der Waals surface area contributed by atoms with E-state index >= 15 is 0 Å². The molecule has 0 aromatic heterocycles. The molecule has 0 saturated heterocycles. The maximum atomic E-state index is 11.4. The Morgan fingerprint density at radius 1 is 1.30 bits per heavy atom.